The van der Waals surface area contributed by atoms with Crippen molar-refractivity contribution in [2.75, 3.05) is 44.8 Å². The number of carbonyl (C=O) groups excluding carboxylic acids is 1. The molecule has 2 heterocycles. The minimum atomic E-state index is -2.49. The van der Waals surface area contributed by atoms with Gasteiger partial charge in [-0.1, -0.05) is 47.4 Å². The summed E-state index contributed by atoms with van der Waals surface area (Å²) in [5.41, 5.74) is 1.08. The van der Waals surface area contributed by atoms with Crippen LogP contribution in [0.1, 0.15) is 23.2 Å². The van der Waals surface area contributed by atoms with Gasteiger partial charge in [0.1, 0.15) is 5.75 Å². The molecular formula is C27H27F2N3O3S2. The molecule has 0 unspecified atom stereocenters. The van der Waals surface area contributed by atoms with Crippen molar-refractivity contribution in [3.63, 3.8) is 0 Å². The van der Waals surface area contributed by atoms with Gasteiger partial charge in [0.2, 0.25) is 0 Å². The molecule has 5 rings (SSSR count). The van der Waals surface area contributed by atoms with E-state index in [0.29, 0.717) is 45.2 Å². The van der Waals surface area contributed by atoms with Gasteiger partial charge in [0.25, 0.3) is 11.7 Å². The molecule has 0 spiro atoms. The van der Waals surface area contributed by atoms with E-state index in [1.807, 2.05) is 36.4 Å². The van der Waals surface area contributed by atoms with Crippen molar-refractivity contribution < 1.29 is 23.0 Å². The zero-order chi connectivity index (χ0) is 25.6. The van der Waals surface area contributed by atoms with Crippen LogP contribution in [0.15, 0.2) is 59.5 Å². The number of nitrogens with one attached hydrogen (secondary N) is 1. The lowest BCUT2D eigenvalue weighted by molar-refractivity contribution is 0.0368. The number of hydrogen-bond acceptors (Lipinski definition) is 7. The number of hydrogen-bond donors (Lipinski definition) is 1. The molecule has 0 aliphatic carbocycles. The molecule has 1 amide bonds. The Balaban J connectivity index is 1.28. The Bertz CT molecular complexity index is 1380. The quantitative estimate of drug-likeness (QED) is 0.182. The highest BCUT2D eigenvalue weighted by atomic mass is 32.2. The van der Waals surface area contributed by atoms with Gasteiger partial charge in [-0.2, -0.15) is 8.78 Å². The van der Waals surface area contributed by atoms with Crippen LogP contribution in [0.2, 0.25) is 0 Å². The second-order valence-electron chi connectivity index (χ2n) is 8.69. The number of thioether (sulfide) groups is 1. The topological polar surface area (TPSA) is 63.7 Å². The van der Waals surface area contributed by atoms with Crippen molar-refractivity contribution in [1.29, 1.82) is 0 Å². The smallest absolute Gasteiger partial charge is 0.288 e. The first-order valence-corrected chi connectivity index (χ1v) is 13.9. The summed E-state index contributed by atoms with van der Waals surface area (Å²) in [6, 6.07) is 16.5. The van der Waals surface area contributed by atoms with Crippen molar-refractivity contribution in [2.45, 2.75) is 23.5 Å². The number of anilines is 1. The summed E-state index contributed by atoms with van der Waals surface area (Å²) in [7, 11) is 0. The number of nitrogens with zero attached hydrogens (tertiary/aromatic N) is 2. The highest BCUT2D eigenvalue weighted by Gasteiger charge is 2.17. The molecular weight excluding hydrogens is 516 g/mol. The second kappa shape index (κ2) is 12.2. The fourth-order valence-corrected chi connectivity index (χ4v) is 5.77. The first-order valence-electron chi connectivity index (χ1n) is 12.2. The van der Waals surface area contributed by atoms with Crippen LogP contribution in [0.3, 0.4) is 0 Å². The molecule has 194 valence electrons. The number of benzene rings is 3. The molecule has 1 aliphatic heterocycles. The SMILES string of the molecule is O=C(Nc1nc2ccc(SC(F)F)cc2s1)c1cc2ccccc2cc1OCCCCN1CCOCC1. The molecule has 1 N–H and O–H groups in total. The fraction of sp³-hybridized carbons (Fsp3) is 0.333. The van der Waals surface area contributed by atoms with Crippen LogP contribution in [0.4, 0.5) is 13.9 Å². The van der Waals surface area contributed by atoms with Crippen molar-refractivity contribution in [1.82, 2.24) is 9.88 Å². The summed E-state index contributed by atoms with van der Waals surface area (Å²) in [6.45, 7) is 5.02. The lowest BCUT2D eigenvalue weighted by Crippen LogP contribution is -2.36. The number of alkyl halides is 2. The molecule has 1 fully saturated rings. The first kappa shape index (κ1) is 25.8. The Morgan fingerprint density at radius 2 is 1.89 bits per heavy atom. The summed E-state index contributed by atoms with van der Waals surface area (Å²) in [5.74, 6) is -2.29. The largest absolute Gasteiger partial charge is 0.493 e. The molecule has 0 saturated carbocycles. The highest BCUT2D eigenvalue weighted by molar-refractivity contribution is 7.99. The van der Waals surface area contributed by atoms with Gasteiger partial charge in [0.05, 0.1) is 35.6 Å². The van der Waals surface area contributed by atoms with E-state index >= 15 is 0 Å². The Morgan fingerprint density at radius 3 is 2.68 bits per heavy atom. The predicted octanol–water partition coefficient (Wildman–Crippen LogP) is 6.51. The third-order valence-electron chi connectivity index (χ3n) is 6.13. The van der Waals surface area contributed by atoms with Crippen molar-refractivity contribution in [3.8, 4) is 5.75 Å². The van der Waals surface area contributed by atoms with Crippen LogP contribution in [-0.2, 0) is 4.74 Å². The molecule has 0 radical (unpaired) electrons. The lowest BCUT2D eigenvalue weighted by atomic mass is 10.1. The van der Waals surface area contributed by atoms with Crippen molar-refractivity contribution in [3.05, 3.63) is 60.2 Å². The minimum absolute atomic E-state index is 0.324. The average Bonchev–Trinajstić information content (AvgIpc) is 3.29. The van der Waals surface area contributed by atoms with E-state index < -0.39 is 5.76 Å². The average molecular weight is 544 g/mol. The number of amides is 1. The summed E-state index contributed by atoms with van der Waals surface area (Å²) >= 11 is 1.74. The Kier molecular flexibility index (Phi) is 8.50. The summed E-state index contributed by atoms with van der Waals surface area (Å²) in [4.78, 5) is 20.6. The third-order valence-corrected chi connectivity index (χ3v) is 7.77. The highest BCUT2D eigenvalue weighted by Crippen LogP contribution is 2.33. The number of thiazole rings is 1. The molecule has 6 nitrogen and oxygen atoms in total. The number of carbonyl (C=O) groups is 1. The molecule has 0 atom stereocenters. The molecule has 10 heteroatoms. The summed E-state index contributed by atoms with van der Waals surface area (Å²) in [6.07, 6.45) is 1.88. The number of aromatic nitrogens is 1. The molecule has 1 aliphatic rings. The normalized spacial score (nSPS) is 14.5. The fourth-order valence-electron chi connectivity index (χ4n) is 4.26. The Hall–Kier alpha value is -2.79. The van der Waals surface area contributed by atoms with Gasteiger partial charge in [0.15, 0.2) is 5.13 Å². The number of morpholine rings is 1. The van der Waals surface area contributed by atoms with Gasteiger partial charge in [-0.15, -0.1) is 0 Å². The van der Waals surface area contributed by atoms with E-state index in [1.54, 1.807) is 18.2 Å². The number of unbranched alkanes of at least 4 members (excludes halogenated alkanes) is 1. The van der Waals surface area contributed by atoms with Gasteiger partial charge in [-0.25, -0.2) is 4.98 Å². The first-order chi connectivity index (χ1) is 18.0. The van der Waals surface area contributed by atoms with Crippen LogP contribution in [0.5, 0.6) is 5.75 Å². The van der Waals surface area contributed by atoms with Crippen LogP contribution < -0.4 is 10.1 Å². The maximum atomic E-state index is 13.3. The molecule has 1 saturated heterocycles. The van der Waals surface area contributed by atoms with Crippen molar-refractivity contribution >= 4 is 55.1 Å². The zero-order valence-electron chi connectivity index (χ0n) is 20.1. The lowest BCUT2D eigenvalue weighted by Gasteiger charge is -2.26. The van der Waals surface area contributed by atoms with Crippen LogP contribution in [0, 0.1) is 0 Å². The number of rotatable bonds is 10. The Labute approximate surface area is 222 Å². The van der Waals surface area contributed by atoms with Gasteiger partial charge in [-0.3, -0.25) is 15.0 Å². The van der Waals surface area contributed by atoms with Crippen LogP contribution >= 0.6 is 23.1 Å². The summed E-state index contributed by atoms with van der Waals surface area (Å²) in [5, 5.41) is 5.21. The van der Waals surface area contributed by atoms with E-state index in [4.69, 9.17) is 9.47 Å². The van der Waals surface area contributed by atoms with E-state index in [9.17, 15) is 13.6 Å². The van der Waals surface area contributed by atoms with Gasteiger partial charge in [-0.05, 0) is 60.5 Å². The third kappa shape index (κ3) is 6.75. The van der Waals surface area contributed by atoms with E-state index in [1.165, 1.54) is 11.3 Å². The van der Waals surface area contributed by atoms with E-state index in [-0.39, 0.29) is 5.91 Å². The second-order valence-corrected chi connectivity index (χ2v) is 10.8. The maximum Gasteiger partial charge on any atom is 0.288 e. The Morgan fingerprint density at radius 1 is 1.11 bits per heavy atom. The standard InChI is InChI=1S/C27H27F2N3O3S2/c28-26(29)36-20-7-8-22-24(17-20)37-27(30-22)31-25(33)21-15-18-5-1-2-6-19(18)16-23(21)35-12-4-3-9-32-10-13-34-14-11-32/h1-2,5-8,15-17,26H,3-4,9-14H2,(H,30,31,33). The molecule has 37 heavy (non-hydrogen) atoms. The summed E-state index contributed by atoms with van der Waals surface area (Å²) < 4.78 is 37.7. The van der Waals surface area contributed by atoms with Gasteiger partial charge in [0, 0.05) is 18.0 Å². The van der Waals surface area contributed by atoms with E-state index in [0.717, 1.165) is 61.2 Å². The molecule has 0 bridgehead atoms. The number of halogens is 2. The maximum absolute atomic E-state index is 13.3. The molecule has 3 aromatic carbocycles. The molecule has 4 aromatic rings. The monoisotopic (exact) mass is 543 g/mol. The number of ether oxygens (including phenoxy) is 2. The predicted molar refractivity (Wildman–Crippen MR) is 145 cm³/mol. The van der Waals surface area contributed by atoms with Crippen molar-refractivity contribution in [2.24, 2.45) is 0 Å². The zero-order valence-corrected chi connectivity index (χ0v) is 21.8. The van der Waals surface area contributed by atoms with Gasteiger partial charge < -0.3 is 9.47 Å². The van der Waals surface area contributed by atoms with Gasteiger partial charge >= 0.3 is 0 Å². The van der Waals surface area contributed by atoms with Crippen LogP contribution in [0.25, 0.3) is 21.0 Å². The minimum Gasteiger partial charge on any atom is -0.493 e. The van der Waals surface area contributed by atoms with E-state index in [2.05, 4.69) is 15.2 Å². The molecule has 1 aromatic heterocycles. The number of fused-ring (bicyclic) bond motifs is 2. The van der Waals surface area contributed by atoms with Crippen LogP contribution in [-0.4, -0.2) is 61.0 Å².